The van der Waals surface area contributed by atoms with Crippen LogP contribution >= 0.6 is 0 Å². The van der Waals surface area contributed by atoms with Crippen molar-refractivity contribution in [2.24, 2.45) is 0 Å². The Labute approximate surface area is 251 Å². The molecule has 1 N–H and O–H groups in total. The van der Waals surface area contributed by atoms with Crippen LogP contribution in [0.3, 0.4) is 0 Å². The molecule has 2 fully saturated rings. The molecular weight excluding hydrogens is 579 g/mol. The number of benzene rings is 1. The number of imidazole rings is 1. The quantitative estimate of drug-likeness (QED) is 0.308. The third kappa shape index (κ3) is 5.92. The summed E-state index contributed by atoms with van der Waals surface area (Å²) in [5, 5.41) is 6.60. The molecule has 3 aromatic heterocycles. The summed E-state index contributed by atoms with van der Waals surface area (Å²) in [5.41, 5.74) is 1.66. The van der Waals surface area contributed by atoms with Gasteiger partial charge in [0, 0.05) is 67.9 Å². The first kappa shape index (κ1) is 29.5. The van der Waals surface area contributed by atoms with Crippen LogP contribution < -0.4 is 10.2 Å². The molecule has 0 bridgehead atoms. The number of amides is 2. The maximum absolute atomic E-state index is 14.9. The zero-order chi connectivity index (χ0) is 31.4. The van der Waals surface area contributed by atoms with Gasteiger partial charge in [-0.3, -0.25) is 9.20 Å². The Kier molecular flexibility index (Phi) is 7.25. The van der Waals surface area contributed by atoms with Crippen LogP contribution in [-0.4, -0.2) is 74.1 Å². The number of anilines is 2. The number of nitrogens with one attached hydrogen (secondary N) is 1. The van der Waals surface area contributed by atoms with E-state index < -0.39 is 29.2 Å². The number of hydrogen-bond acceptors (Lipinski definition) is 8. The summed E-state index contributed by atoms with van der Waals surface area (Å²) in [6.45, 7) is 9.14. The topological polar surface area (TPSA) is 118 Å². The molecule has 0 atom stereocenters. The third-order valence-corrected chi connectivity index (χ3v) is 7.75. The average molecular weight is 612 g/mol. The Bertz CT molecular complexity index is 1730. The highest BCUT2D eigenvalue weighted by atomic mass is 19.3. The molecule has 2 amide bonds. The van der Waals surface area contributed by atoms with Crippen molar-refractivity contribution < 1.29 is 32.0 Å². The van der Waals surface area contributed by atoms with Gasteiger partial charge >= 0.3 is 6.09 Å². The van der Waals surface area contributed by atoms with E-state index in [1.807, 2.05) is 26.8 Å². The minimum Gasteiger partial charge on any atom is -0.444 e. The van der Waals surface area contributed by atoms with Crippen molar-refractivity contribution >= 4 is 29.0 Å². The van der Waals surface area contributed by atoms with E-state index in [1.54, 1.807) is 21.6 Å². The van der Waals surface area contributed by atoms with Gasteiger partial charge in [0.2, 0.25) is 17.6 Å². The molecular formula is C30H32F3N7O4. The second-order valence-electron chi connectivity index (χ2n) is 12.2. The summed E-state index contributed by atoms with van der Waals surface area (Å²) < 4.78 is 53.8. The molecule has 4 aromatic rings. The van der Waals surface area contributed by atoms with Crippen molar-refractivity contribution in [3.63, 3.8) is 0 Å². The molecule has 11 nitrogen and oxygen atoms in total. The maximum Gasteiger partial charge on any atom is 0.410 e. The van der Waals surface area contributed by atoms with Gasteiger partial charge < -0.3 is 24.4 Å². The maximum atomic E-state index is 14.9. The van der Waals surface area contributed by atoms with Crippen molar-refractivity contribution in [2.45, 2.75) is 58.0 Å². The lowest BCUT2D eigenvalue weighted by Crippen LogP contribution is -2.50. The van der Waals surface area contributed by atoms with E-state index in [0.29, 0.717) is 31.8 Å². The van der Waals surface area contributed by atoms with E-state index in [4.69, 9.17) is 9.26 Å². The van der Waals surface area contributed by atoms with Gasteiger partial charge in [-0.15, -0.1) is 0 Å². The number of nitrogens with zero attached hydrogens (tertiary/aromatic N) is 6. The number of carbonyl (C=O) groups is 2. The summed E-state index contributed by atoms with van der Waals surface area (Å²) in [6.07, 6.45) is 2.14. The highest BCUT2D eigenvalue weighted by molar-refractivity contribution is 6.04. The van der Waals surface area contributed by atoms with Gasteiger partial charge in [-0.2, -0.15) is 4.98 Å². The lowest BCUT2D eigenvalue weighted by atomic mass is 9.81. The number of carbonyl (C=O) groups excluding carboxylic acids is 2. The molecule has 2 aliphatic rings. The second-order valence-corrected chi connectivity index (χ2v) is 12.2. The molecule has 232 valence electrons. The average Bonchev–Trinajstić information content (AvgIpc) is 3.60. The summed E-state index contributed by atoms with van der Waals surface area (Å²) in [5.74, 6) is -4.31. The molecule has 4 heterocycles. The molecule has 0 radical (unpaired) electrons. The van der Waals surface area contributed by atoms with Crippen LogP contribution in [0.15, 0.2) is 41.2 Å². The number of halogens is 3. The highest BCUT2D eigenvalue weighted by Crippen LogP contribution is 2.48. The van der Waals surface area contributed by atoms with E-state index in [9.17, 15) is 22.8 Å². The number of piperazine rings is 1. The fourth-order valence-corrected chi connectivity index (χ4v) is 5.28. The number of pyridine rings is 1. The van der Waals surface area contributed by atoms with Crippen molar-refractivity contribution in [1.29, 1.82) is 0 Å². The fourth-order valence-electron chi connectivity index (χ4n) is 5.28. The van der Waals surface area contributed by atoms with Crippen LogP contribution in [0.4, 0.5) is 29.3 Å². The first-order valence-electron chi connectivity index (χ1n) is 14.3. The number of ether oxygens (including phenoxy) is 1. The van der Waals surface area contributed by atoms with Crippen molar-refractivity contribution in [1.82, 2.24) is 24.4 Å². The molecule has 1 aromatic carbocycles. The van der Waals surface area contributed by atoms with Gasteiger partial charge in [0.1, 0.15) is 22.8 Å². The predicted molar refractivity (Wildman–Crippen MR) is 155 cm³/mol. The van der Waals surface area contributed by atoms with Crippen molar-refractivity contribution in [2.75, 3.05) is 36.4 Å². The minimum absolute atomic E-state index is 0.0378. The molecule has 6 rings (SSSR count). The summed E-state index contributed by atoms with van der Waals surface area (Å²) in [4.78, 5) is 38.2. The normalized spacial score (nSPS) is 17.1. The van der Waals surface area contributed by atoms with Gasteiger partial charge in [0.05, 0.1) is 11.9 Å². The number of hydrogen-bond donors (Lipinski definition) is 1. The molecule has 1 saturated carbocycles. The van der Waals surface area contributed by atoms with Crippen LogP contribution in [0.5, 0.6) is 0 Å². The number of fused-ring (bicyclic) bond motifs is 1. The summed E-state index contributed by atoms with van der Waals surface area (Å²) in [6, 6.07) is 6.42. The minimum atomic E-state index is -2.75. The van der Waals surface area contributed by atoms with E-state index >= 15 is 0 Å². The monoisotopic (exact) mass is 611 g/mol. The van der Waals surface area contributed by atoms with Crippen LogP contribution in [0.25, 0.3) is 17.0 Å². The second kappa shape index (κ2) is 10.8. The standard InChI is InChI=1S/C30H32F3N7O4/c1-17-21(31)11-18(25-36-27(44-37-25)19-13-30(32,33)14-19)12-22(17)35-26(41)23-15-34-24-6-5-20(16-40(23)24)38-7-9-39(10-8-38)28(42)43-29(2,3)4/h5-6,11-12,15-16,19H,7-10,13-14H2,1-4H3,(H,35,41). The zero-order valence-corrected chi connectivity index (χ0v) is 24.7. The zero-order valence-electron chi connectivity index (χ0n) is 24.7. The van der Waals surface area contributed by atoms with Gasteiger partial charge in [0.25, 0.3) is 5.91 Å². The SMILES string of the molecule is Cc1c(F)cc(-c2noc(C3CC(F)(F)C3)n2)cc1NC(=O)c1cnc2ccc(N3CCN(C(=O)OC(C)(C)C)CC3)cn12. The molecule has 44 heavy (non-hydrogen) atoms. The lowest BCUT2D eigenvalue weighted by Gasteiger charge is -2.36. The first-order valence-corrected chi connectivity index (χ1v) is 14.3. The Morgan fingerprint density at radius 1 is 1.11 bits per heavy atom. The van der Waals surface area contributed by atoms with Gasteiger partial charge in [0.15, 0.2) is 0 Å². The van der Waals surface area contributed by atoms with Crippen LogP contribution in [0.1, 0.15) is 61.5 Å². The Hall–Kier alpha value is -4.62. The van der Waals surface area contributed by atoms with Gasteiger partial charge in [-0.05, 0) is 52.0 Å². The number of alkyl halides is 2. The summed E-state index contributed by atoms with van der Waals surface area (Å²) >= 11 is 0. The number of rotatable bonds is 5. The predicted octanol–water partition coefficient (Wildman–Crippen LogP) is 5.65. The van der Waals surface area contributed by atoms with Crippen LogP contribution in [-0.2, 0) is 4.74 Å². The highest BCUT2D eigenvalue weighted by Gasteiger charge is 2.48. The molecule has 14 heteroatoms. The molecule has 0 spiro atoms. The van der Waals surface area contributed by atoms with E-state index in [0.717, 1.165) is 5.69 Å². The first-order chi connectivity index (χ1) is 20.8. The summed E-state index contributed by atoms with van der Waals surface area (Å²) in [7, 11) is 0. The molecule has 1 aliphatic carbocycles. The van der Waals surface area contributed by atoms with Crippen LogP contribution in [0.2, 0.25) is 0 Å². The number of aromatic nitrogens is 4. The van der Waals surface area contributed by atoms with E-state index in [-0.39, 0.29) is 53.2 Å². The van der Waals surface area contributed by atoms with Crippen LogP contribution in [0, 0.1) is 12.7 Å². The van der Waals surface area contributed by atoms with E-state index in [2.05, 4.69) is 25.3 Å². The Balaban J connectivity index is 1.18. The van der Waals surface area contributed by atoms with Gasteiger partial charge in [-0.25, -0.2) is 22.9 Å². The lowest BCUT2D eigenvalue weighted by molar-refractivity contribution is -0.0925. The van der Waals surface area contributed by atoms with Crippen molar-refractivity contribution in [3.05, 3.63) is 59.6 Å². The fraction of sp³-hybridized carbons (Fsp3) is 0.433. The molecule has 0 unspecified atom stereocenters. The molecule has 1 saturated heterocycles. The third-order valence-electron chi connectivity index (χ3n) is 7.75. The van der Waals surface area contributed by atoms with Gasteiger partial charge in [-0.1, -0.05) is 5.16 Å². The molecule has 1 aliphatic heterocycles. The van der Waals surface area contributed by atoms with Crippen molar-refractivity contribution in [3.8, 4) is 11.4 Å². The smallest absolute Gasteiger partial charge is 0.410 e. The Morgan fingerprint density at radius 3 is 2.52 bits per heavy atom. The Morgan fingerprint density at radius 2 is 1.84 bits per heavy atom. The van der Waals surface area contributed by atoms with E-state index in [1.165, 1.54) is 25.3 Å². The largest absolute Gasteiger partial charge is 0.444 e.